The summed E-state index contributed by atoms with van der Waals surface area (Å²) in [6.07, 6.45) is 3.62. The van der Waals surface area contributed by atoms with E-state index in [1.807, 2.05) is 67.7 Å². The highest BCUT2D eigenvalue weighted by Crippen LogP contribution is 2.23. The van der Waals surface area contributed by atoms with Gasteiger partial charge < -0.3 is 9.88 Å². The number of hydrogen-bond donors (Lipinski definition) is 1. The highest BCUT2D eigenvalue weighted by Gasteiger charge is 2.15. The Labute approximate surface area is 152 Å². The lowest BCUT2D eigenvalue weighted by Crippen LogP contribution is -2.12. The predicted molar refractivity (Wildman–Crippen MR) is 104 cm³/mol. The number of hydrogen-bond acceptors (Lipinski definition) is 2. The number of rotatable bonds is 4. The molecule has 0 unspecified atom stereocenters. The zero-order valence-electron chi connectivity index (χ0n) is 14.5. The average Bonchev–Trinajstić information content (AvgIpc) is 3.01. The van der Waals surface area contributed by atoms with Crippen molar-refractivity contribution in [3.8, 4) is 0 Å². The summed E-state index contributed by atoms with van der Waals surface area (Å²) < 4.78 is 2.11. The van der Waals surface area contributed by atoms with Crippen molar-refractivity contribution in [3.05, 3.63) is 95.8 Å². The highest BCUT2D eigenvalue weighted by molar-refractivity contribution is 6.12. The number of carbonyl (C=O) groups is 1. The molecule has 0 radical (unpaired) electrons. The molecule has 0 fully saturated rings. The Bertz CT molecular complexity index is 1070. The van der Waals surface area contributed by atoms with Gasteiger partial charge in [0.05, 0.1) is 5.56 Å². The summed E-state index contributed by atoms with van der Waals surface area (Å²) >= 11 is 0. The number of anilines is 1. The van der Waals surface area contributed by atoms with E-state index in [2.05, 4.69) is 27.0 Å². The number of benzene rings is 2. The first-order valence-corrected chi connectivity index (χ1v) is 8.56. The molecule has 128 valence electrons. The maximum Gasteiger partial charge on any atom is 0.258 e. The number of para-hydroxylation sites is 1. The molecule has 2 aromatic carbocycles. The van der Waals surface area contributed by atoms with E-state index < -0.39 is 0 Å². The highest BCUT2D eigenvalue weighted by atomic mass is 16.1. The van der Waals surface area contributed by atoms with Crippen LogP contribution in [0.3, 0.4) is 0 Å². The molecule has 4 rings (SSSR count). The number of nitrogens with zero attached hydrogens (tertiary/aromatic N) is 2. The van der Waals surface area contributed by atoms with Crippen LogP contribution in [0.1, 0.15) is 21.5 Å². The molecule has 0 spiro atoms. The molecule has 0 aliphatic carbocycles. The van der Waals surface area contributed by atoms with Crippen LogP contribution < -0.4 is 5.32 Å². The lowest BCUT2D eigenvalue weighted by molar-refractivity contribution is 0.102. The summed E-state index contributed by atoms with van der Waals surface area (Å²) in [4.78, 5) is 17.1. The van der Waals surface area contributed by atoms with Crippen molar-refractivity contribution in [1.82, 2.24) is 9.55 Å². The molecule has 4 nitrogen and oxygen atoms in total. The average molecular weight is 341 g/mol. The Hall–Kier alpha value is -3.40. The van der Waals surface area contributed by atoms with Crippen molar-refractivity contribution in [1.29, 1.82) is 0 Å². The Morgan fingerprint density at radius 3 is 2.62 bits per heavy atom. The van der Waals surface area contributed by atoms with Gasteiger partial charge in [0, 0.05) is 29.8 Å². The molecule has 4 heteroatoms. The minimum Gasteiger partial charge on any atom is -0.342 e. The molecule has 2 aromatic heterocycles. The molecule has 26 heavy (non-hydrogen) atoms. The molecule has 0 saturated heterocycles. The number of aryl methyl sites for hydroxylation is 1. The van der Waals surface area contributed by atoms with Crippen LogP contribution in [0.4, 0.5) is 5.82 Å². The third kappa shape index (κ3) is 3.22. The van der Waals surface area contributed by atoms with Gasteiger partial charge in [-0.1, -0.05) is 48.5 Å². The van der Waals surface area contributed by atoms with Gasteiger partial charge in [0.15, 0.2) is 0 Å². The zero-order chi connectivity index (χ0) is 17.9. The lowest BCUT2D eigenvalue weighted by Gasteiger charge is -2.05. The predicted octanol–water partition coefficient (Wildman–Crippen LogP) is 4.65. The van der Waals surface area contributed by atoms with Crippen molar-refractivity contribution in [3.63, 3.8) is 0 Å². The number of carbonyl (C=O) groups excluding carboxylic acids is 1. The third-order valence-corrected chi connectivity index (χ3v) is 4.39. The fraction of sp³-hybridized carbons (Fsp3) is 0.0909. The minimum absolute atomic E-state index is 0.147. The molecule has 0 bridgehead atoms. The number of amides is 1. The topological polar surface area (TPSA) is 46.9 Å². The van der Waals surface area contributed by atoms with Crippen molar-refractivity contribution in [2.24, 2.45) is 0 Å². The standard InChI is InChI=1S/C22H19N3O/c1-16-11-12-23-21(13-16)24-22(26)19-15-25(14-17-7-3-2-4-8-17)20-10-6-5-9-18(19)20/h2-13,15H,14H2,1H3,(H,23,24,26). The molecule has 0 atom stereocenters. The Kier molecular flexibility index (Phi) is 4.23. The molecule has 0 aliphatic rings. The van der Waals surface area contributed by atoms with Gasteiger partial charge in [0.1, 0.15) is 5.82 Å². The largest absolute Gasteiger partial charge is 0.342 e. The summed E-state index contributed by atoms with van der Waals surface area (Å²) in [5, 5.41) is 3.84. The quantitative estimate of drug-likeness (QED) is 0.587. The molecule has 2 heterocycles. The summed E-state index contributed by atoms with van der Waals surface area (Å²) in [5.41, 5.74) is 3.95. The minimum atomic E-state index is -0.147. The van der Waals surface area contributed by atoms with Gasteiger partial charge in [0.25, 0.3) is 5.91 Å². The second kappa shape index (κ2) is 6.84. The molecule has 1 amide bonds. The molecule has 0 saturated carbocycles. The van der Waals surface area contributed by atoms with E-state index in [-0.39, 0.29) is 5.91 Å². The summed E-state index contributed by atoms with van der Waals surface area (Å²) in [6.45, 7) is 2.69. The van der Waals surface area contributed by atoms with Gasteiger partial charge in [0.2, 0.25) is 0 Å². The monoisotopic (exact) mass is 341 g/mol. The van der Waals surface area contributed by atoms with Crippen LogP contribution in [0.15, 0.2) is 79.1 Å². The van der Waals surface area contributed by atoms with Crippen LogP contribution in [-0.2, 0) is 6.54 Å². The molecule has 0 aliphatic heterocycles. The van der Waals surface area contributed by atoms with Crippen LogP contribution in [0.2, 0.25) is 0 Å². The molecule has 1 N–H and O–H groups in total. The van der Waals surface area contributed by atoms with Gasteiger partial charge in [-0.3, -0.25) is 4.79 Å². The van der Waals surface area contributed by atoms with Crippen LogP contribution in [0.25, 0.3) is 10.9 Å². The van der Waals surface area contributed by atoms with E-state index in [9.17, 15) is 4.79 Å². The summed E-state index contributed by atoms with van der Waals surface area (Å²) in [6, 6.07) is 22.0. The van der Waals surface area contributed by atoms with Gasteiger partial charge in [-0.25, -0.2) is 4.98 Å². The van der Waals surface area contributed by atoms with E-state index in [1.165, 1.54) is 5.56 Å². The second-order valence-corrected chi connectivity index (χ2v) is 6.35. The Balaban J connectivity index is 1.70. The first-order chi connectivity index (χ1) is 12.7. The number of pyridine rings is 1. The van der Waals surface area contributed by atoms with Crippen molar-refractivity contribution in [2.75, 3.05) is 5.32 Å². The SMILES string of the molecule is Cc1ccnc(NC(=O)c2cn(Cc3ccccc3)c3ccccc23)c1. The van der Waals surface area contributed by atoms with Crippen molar-refractivity contribution >= 4 is 22.6 Å². The lowest BCUT2D eigenvalue weighted by atomic mass is 10.1. The van der Waals surface area contributed by atoms with E-state index in [0.717, 1.165) is 23.0 Å². The Morgan fingerprint density at radius 2 is 1.81 bits per heavy atom. The van der Waals surface area contributed by atoms with Gasteiger partial charge in [-0.05, 0) is 36.2 Å². The maximum absolute atomic E-state index is 12.8. The molecule has 4 aromatic rings. The first-order valence-electron chi connectivity index (χ1n) is 8.56. The van der Waals surface area contributed by atoms with Crippen LogP contribution in [0, 0.1) is 6.92 Å². The van der Waals surface area contributed by atoms with Gasteiger partial charge >= 0.3 is 0 Å². The van der Waals surface area contributed by atoms with Crippen LogP contribution in [-0.4, -0.2) is 15.5 Å². The maximum atomic E-state index is 12.8. The van der Waals surface area contributed by atoms with Crippen molar-refractivity contribution in [2.45, 2.75) is 13.5 Å². The first kappa shape index (κ1) is 16.1. The smallest absolute Gasteiger partial charge is 0.258 e. The molecular weight excluding hydrogens is 322 g/mol. The summed E-state index contributed by atoms with van der Waals surface area (Å²) in [7, 11) is 0. The van der Waals surface area contributed by atoms with E-state index in [0.29, 0.717) is 11.4 Å². The van der Waals surface area contributed by atoms with Gasteiger partial charge in [-0.15, -0.1) is 0 Å². The van der Waals surface area contributed by atoms with Crippen LogP contribution >= 0.6 is 0 Å². The number of fused-ring (bicyclic) bond motifs is 1. The van der Waals surface area contributed by atoms with E-state index in [1.54, 1.807) is 6.20 Å². The summed E-state index contributed by atoms with van der Waals surface area (Å²) in [5.74, 6) is 0.418. The van der Waals surface area contributed by atoms with E-state index >= 15 is 0 Å². The van der Waals surface area contributed by atoms with Gasteiger partial charge in [-0.2, -0.15) is 0 Å². The fourth-order valence-corrected chi connectivity index (χ4v) is 3.13. The number of nitrogens with one attached hydrogen (secondary N) is 1. The van der Waals surface area contributed by atoms with Crippen molar-refractivity contribution < 1.29 is 4.79 Å². The Morgan fingerprint density at radius 1 is 1.04 bits per heavy atom. The zero-order valence-corrected chi connectivity index (χ0v) is 14.5. The third-order valence-electron chi connectivity index (χ3n) is 4.39. The normalized spacial score (nSPS) is 10.8. The second-order valence-electron chi connectivity index (χ2n) is 6.35. The molecular formula is C22H19N3O. The number of aromatic nitrogens is 2. The van der Waals surface area contributed by atoms with E-state index in [4.69, 9.17) is 0 Å². The van der Waals surface area contributed by atoms with Crippen LogP contribution in [0.5, 0.6) is 0 Å². The fourth-order valence-electron chi connectivity index (χ4n) is 3.13.